The number of fused-ring (bicyclic) bond motifs is 1. The summed E-state index contributed by atoms with van der Waals surface area (Å²) < 4.78 is 5.05. The molecule has 1 aliphatic rings. The minimum Gasteiger partial charge on any atom is -0.397 e. The number of carbonyl (C=O) groups is 1. The van der Waals surface area contributed by atoms with Gasteiger partial charge in [-0.05, 0) is 24.1 Å². The fraction of sp³-hybridized carbons (Fsp3) is 0.462. The van der Waals surface area contributed by atoms with Gasteiger partial charge in [-0.15, -0.1) is 0 Å². The van der Waals surface area contributed by atoms with E-state index in [0.717, 1.165) is 35.6 Å². The molecule has 0 fully saturated rings. The molecule has 98 valence electrons. The number of aryl methyl sites for hydroxylation is 1. The topological polar surface area (TPSA) is 67.6 Å². The van der Waals surface area contributed by atoms with Crippen molar-refractivity contribution in [3.8, 4) is 0 Å². The van der Waals surface area contributed by atoms with E-state index in [2.05, 4.69) is 5.32 Å². The van der Waals surface area contributed by atoms with Gasteiger partial charge in [0, 0.05) is 32.8 Å². The molecule has 18 heavy (non-hydrogen) atoms. The monoisotopic (exact) mass is 249 g/mol. The largest absolute Gasteiger partial charge is 0.397 e. The zero-order chi connectivity index (χ0) is 13.1. The smallest absolute Gasteiger partial charge is 0.224 e. The van der Waals surface area contributed by atoms with Crippen molar-refractivity contribution in [2.24, 2.45) is 0 Å². The summed E-state index contributed by atoms with van der Waals surface area (Å²) in [6.07, 6.45) is 1.29. The highest BCUT2D eigenvalue weighted by atomic mass is 16.5. The van der Waals surface area contributed by atoms with Crippen molar-refractivity contribution in [2.45, 2.75) is 12.8 Å². The van der Waals surface area contributed by atoms with Crippen molar-refractivity contribution in [1.82, 2.24) is 0 Å². The molecule has 0 bridgehead atoms. The summed E-state index contributed by atoms with van der Waals surface area (Å²) >= 11 is 0. The molecular formula is C13H19N3O2. The Morgan fingerprint density at radius 2 is 2.22 bits per heavy atom. The van der Waals surface area contributed by atoms with Gasteiger partial charge in [0.15, 0.2) is 0 Å². The lowest BCUT2D eigenvalue weighted by atomic mass is 10.0. The van der Waals surface area contributed by atoms with Crippen molar-refractivity contribution in [3.63, 3.8) is 0 Å². The lowest BCUT2D eigenvalue weighted by Gasteiger charge is -2.24. The van der Waals surface area contributed by atoms with E-state index in [1.54, 1.807) is 7.11 Å². The van der Waals surface area contributed by atoms with E-state index >= 15 is 0 Å². The zero-order valence-corrected chi connectivity index (χ0v) is 10.8. The predicted octanol–water partition coefficient (Wildman–Crippen LogP) is 1.24. The van der Waals surface area contributed by atoms with Gasteiger partial charge in [0.05, 0.1) is 18.0 Å². The highest BCUT2D eigenvalue weighted by Gasteiger charge is 2.17. The van der Waals surface area contributed by atoms with Crippen LogP contribution in [-0.4, -0.2) is 33.2 Å². The van der Waals surface area contributed by atoms with Crippen LogP contribution >= 0.6 is 0 Å². The van der Waals surface area contributed by atoms with Gasteiger partial charge >= 0.3 is 0 Å². The van der Waals surface area contributed by atoms with Crippen LogP contribution in [0.5, 0.6) is 0 Å². The first-order valence-corrected chi connectivity index (χ1v) is 6.04. The minimum atomic E-state index is 0.0674. The summed E-state index contributed by atoms with van der Waals surface area (Å²) in [5.41, 5.74) is 9.70. The van der Waals surface area contributed by atoms with E-state index < -0.39 is 0 Å². The first-order chi connectivity index (χ1) is 8.61. The van der Waals surface area contributed by atoms with Gasteiger partial charge in [0.25, 0.3) is 0 Å². The van der Waals surface area contributed by atoms with Gasteiger partial charge < -0.3 is 20.7 Å². The van der Waals surface area contributed by atoms with E-state index in [9.17, 15) is 4.79 Å². The highest BCUT2D eigenvalue weighted by molar-refractivity contribution is 5.95. The molecule has 0 aliphatic carbocycles. The van der Waals surface area contributed by atoms with Gasteiger partial charge in [0.1, 0.15) is 0 Å². The SMILES string of the molecule is COCCN(C)c1cc2c(cc1N)CCC(=O)N2. The van der Waals surface area contributed by atoms with Crippen molar-refractivity contribution in [2.75, 3.05) is 43.3 Å². The molecule has 1 aliphatic heterocycles. The van der Waals surface area contributed by atoms with Crippen LogP contribution in [0, 0.1) is 0 Å². The maximum absolute atomic E-state index is 11.4. The Labute approximate surface area is 107 Å². The number of benzene rings is 1. The maximum Gasteiger partial charge on any atom is 0.224 e. The molecule has 0 atom stereocenters. The van der Waals surface area contributed by atoms with E-state index in [4.69, 9.17) is 10.5 Å². The average molecular weight is 249 g/mol. The molecule has 0 radical (unpaired) electrons. The summed E-state index contributed by atoms with van der Waals surface area (Å²) in [7, 11) is 3.63. The Kier molecular flexibility index (Phi) is 3.72. The lowest BCUT2D eigenvalue weighted by Crippen LogP contribution is -2.25. The standard InChI is InChI=1S/C13H19N3O2/c1-16(5-6-18-2)12-8-11-9(7-10(12)14)3-4-13(17)15-11/h7-8H,3-6,14H2,1-2H3,(H,15,17). The van der Waals surface area contributed by atoms with Crippen LogP contribution in [0.2, 0.25) is 0 Å². The van der Waals surface area contributed by atoms with Crippen LogP contribution in [0.25, 0.3) is 0 Å². The Balaban J connectivity index is 2.26. The number of ether oxygens (including phenoxy) is 1. The first-order valence-electron chi connectivity index (χ1n) is 6.04. The number of likely N-dealkylation sites (N-methyl/N-ethyl adjacent to an activating group) is 1. The number of hydrogen-bond donors (Lipinski definition) is 2. The quantitative estimate of drug-likeness (QED) is 0.788. The molecule has 0 unspecified atom stereocenters. The molecule has 0 aromatic heterocycles. The number of nitrogens with two attached hydrogens (primary N) is 1. The number of nitrogens with one attached hydrogen (secondary N) is 1. The fourth-order valence-electron chi connectivity index (χ4n) is 2.12. The van der Waals surface area contributed by atoms with Crippen molar-refractivity contribution >= 4 is 23.0 Å². The second kappa shape index (κ2) is 5.27. The van der Waals surface area contributed by atoms with Crippen molar-refractivity contribution in [1.29, 1.82) is 0 Å². The first kappa shape index (κ1) is 12.7. The van der Waals surface area contributed by atoms with Crippen LogP contribution in [0.3, 0.4) is 0 Å². The second-order valence-electron chi connectivity index (χ2n) is 4.53. The second-order valence-corrected chi connectivity index (χ2v) is 4.53. The molecule has 1 heterocycles. The highest BCUT2D eigenvalue weighted by Crippen LogP contribution is 2.32. The Morgan fingerprint density at radius 1 is 1.44 bits per heavy atom. The van der Waals surface area contributed by atoms with E-state index in [0.29, 0.717) is 13.0 Å². The number of nitrogen functional groups attached to an aromatic ring is 1. The van der Waals surface area contributed by atoms with Gasteiger partial charge in [-0.1, -0.05) is 0 Å². The number of anilines is 3. The normalized spacial score (nSPS) is 14.0. The van der Waals surface area contributed by atoms with Crippen LogP contribution in [-0.2, 0) is 16.0 Å². The number of hydrogen-bond acceptors (Lipinski definition) is 4. The third kappa shape index (κ3) is 2.56. The molecule has 1 aromatic carbocycles. The van der Waals surface area contributed by atoms with Gasteiger partial charge in [0.2, 0.25) is 5.91 Å². The zero-order valence-electron chi connectivity index (χ0n) is 10.8. The molecule has 5 nitrogen and oxygen atoms in total. The van der Waals surface area contributed by atoms with E-state index in [1.165, 1.54) is 0 Å². The van der Waals surface area contributed by atoms with Crippen LogP contribution in [0.4, 0.5) is 17.1 Å². The molecule has 3 N–H and O–H groups in total. The molecule has 0 spiro atoms. The Morgan fingerprint density at radius 3 is 2.94 bits per heavy atom. The molecule has 5 heteroatoms. The minimum absolute atomic E-state index is 0.0674. The molecule has 1 aromatic rings. The van der Waals surface area contributed by atoms with Crippen molar-refractivity contribution in [3.05, 3.63) is 17.7 Å². The molecular weight excluding hydrogens is 230 g/mol. The summed E-state index contributed by atoms with van der Waals surface area (Å²) in [6.45, 7) is 1.40. The van der Waals surface area contributed by atoms with Crippen molar-refractivity contribution < 1.29 is 9.53 Å². The number of rotatable bonds is 4. The van der Waals surface area contributed by atoms with Crippen LogP contribution in [0.1, 0.15) is 12.0 Å². The number of nitrogens with zero attached hydrogens (tertiary/aromatic N) is 1. The molecule has 0 saturated heterocycles. The predicted molar refractivity (Wildman–Crippen MR) is 73.0 cm³/mol. The molecule has 1 amide bonds. The lowest BCUT2D eigenvalue weighted by molar-refractivity contribution is -0.116. The average Bonchev–Trinajstić information content (AvgIpc) is 2.35. The summed E-state index contributed by atoms with van der Waals surface area (Å²) in [5, 5.41) is 2.89. The maximum atomic E-state index is 11.4. The van der Waals surface area contributed by atoms with Gasteiger partial charge in [-0.25, -0.2) is 0 Å². The third-order valence-corrected chi connectivity index (χ3v) is 3.19. The number of amides is 1. The molecule has 2 rings (SSSR count). The summed E-state index contributed by atoms with van der Waals surface area (Å²) in [6, 6.07) is 3.89. The number of methoxy groups -OCH3 is 1. The van der Waals surface area contributed by atoms with Gasteiger partial charge in [-0.3, -0.25) is 4.79 Å². The van der Waals surface area contributed by atoms with E-state index in [1.807, 2.05) is 24.1 Å². The van der Waals surface area contributed by atoms with Gasteiger partial charge in [-0.2, -0.15) is 0 Å². The molecule has 0 saturated carbocycles. The van der Waals surface area contributed by atoms with E-state index in [-0.39, 0.29) is 5.91 Å². The fourth-order valence-corrected chi connectivity index (χ4v) is 2.12. The summed E-state index contributed by atoms with van der Waals surface area (Å²) in [4.78, 5) is 13.4. The Hall–Kier alpha value is -1.75. The Bertz CT molecular complexity index is 460. The third-order valence-electron chi connectivity index (χ3n) is 3.19. The summed E-state index contributed by atoms with van der Waals surface area (Å²) in [5.74, 6) is 0.0674. The van der Waals surface area contributed by atoms with Crippen LogP contribution < -0.4 is 16.0 Å². The van der Waals surface area contributed by atoms with Crippen LogP contribution in [0.15, 0.2) is 12.1 Å². The number of carbonyl (C=O) groups excluding carboxylic acids is 1.